The quantitative estimate of drug-likeness (QED) is 0.871. The maximum atomic E-state index is 12.7. The zero-order valence-electron chi connectivity index (χ0n) is 14.9. The summed E-state index contributed by atoms with van der Waals surface area (Å²) in [7, 11) is -3.86. The lowest BCUT2D eigenvalue weighted by molar-refractivity contribution is 0.00360. The Labute approximate surface area is 152 Å². The number of anilines is 1. The van der Waals surface area contributed by atoms with Crippen molar-refractivity contribution in [2.24, 2.45) is 0 Å². The molecule has 2 heterocycles. The Bertz CT molecular complexity index is 903. The van der Waals surface area contributed by atoms with Gasteiger partial charge in [0.15, 0.2) is 10.7 Å². The number of sulfonamides is 1. The lowest BCUT2D eigenvalue weighted by Gasteiger charge is -2.33. The molecule has 1 aliphatic heterocycles. The average Bonchev–Trinajstić information content (AvgIpc) is 2.94. The second-order valence-electron chi connectivity index (χ2n) is 6.26. The van der Waals surface area contributed by atoms with Crippen LogP contribution >= 0.6 is 0 Å². The Kier molecular flexibility index (Phi) is 5.01. The van der Waals surface area contributed by atoms with E-state index in [0.29, 0.717) is 31.0 Å². The third-order valence-corrected chi connectivity index (χ3v) is 5.85. The molecular formula is C17H21N3O5S. The van der Waals surface area contributed by atoms with E-state index in [2.05, 4.69) is 9.88 Å². The molecule has 1 N–H and O–H groups in total. The SMILES string of the molecule is Cc1noc(C)c1S(=O)(=O)Nc1cccc(C(=O)N2CCOCC2C)c1. The standard InChI is InChI=1S/C17H21N3O5S/c1-11-10-24-8-7-20(11)17(21)14-5-4-6-15(9-14)19-26(22,23)16-12(2)18-25-13(16)3/h4-6,9,11,19H,7-8,10H2,1-3H3. The van der Waals surface area contributed by atoms with Crippen LogP contribution in [0.25, 0.3) is 0 Å². The molecule has 1 saturated heterocycles. The average molecular weight is 379 g/mol. The molecule has 0 radical (unpaired) electrons. The van der Waals surface area contributed by atoms with E-state index in [1.165, 1.54) is 13.0 Å². The van der Waals surface area contributed by atoms with Gasteiger partial charge in [-0.2, -0.15) is 0 Å². The number of hydrogen-bond acceptors (Lipinski definition) is 6. The van der Waals surface area contributed by atoms with Gasteiger partial charge in [-0.3, -0.25) is 9.52 Å². The molecule has 1 fully saturated rings. The molecule has 0 bridgehead atoms. The van der Waals surface area contributed by atoms with Crippen molar-refractivity contribution in [3.63, 3.8) is 0 Å². The maximum absolute atomic E-state index is 12.7. The minimum atomic E-state index is -3.86. The monoisotopic (exact) mass is 379 g/mol. The summed E-state index contributed by atoms with van der Waals surface area (Å²) in [6.45, 7) is 6.51. The second-order valence-corrected chi connectivity index (χ2v) is 7.88. The van der Waals surface area contributed by atoms with Crippen LogP contribution in [0.3, 0.4) is 0 Å². The molecule has 1 aromatic heterocycles. The third kappa shape index (κ3) is 3.58. The van der Waals surface area contributed by atoms with Crippen molar-refractivity contribution in [1.29, 1.82) is 0 Å². The fourth-order valence-corrected chi connectivity index (χ4v) is 4.36. The van der Waals surface area contributed by atoms with Gasteiger partial charge >= 0.3 is 0 Å². The first-order chi connectivity index (χ1) is 12.3. The Morgan fingerprint density at radius 1 is 1.35 bits per heavy atom. The minimum Gasteiger partial charge on any atom is -0.377 e. The Morgan fingerprint density at radius 2 is 2.12 bits per heavy atom. The number of amides is 1. The maximum Gasteiger partial charge on any atom is 0.267 e. The van der Waals surface area contributed by atoms with Crippen molar-refractivity contribution in [2.45, 2.75) is 31.7 Å². The zero-order chi connectivity index (χ0) is 18.9. The molecule has 3 rings (SSSR count). The number of morpholine rings is 1. The summed E-state index contributed by atoms with van der Waals surface area (Å²) in [5.41, 5.74) is 0.999. The van der Waals surface area contributed by atoms with Crippen molar-refractivity contribution in [3.8, 4) is 0 Å². The van der Waals surface area contributed by atoms with Gasteiger partial charge in [0, 0.05) is 17.8 Å². The highest BCUT2D eigenvalue weighted by molar-refractivity contribution is 7.92. The van der Waals surface area contributed by atoms with E-state index in [4.69, 9.17) is 9.26 Å². The summed E-state index contributed by atoms with van der Waals surface area (Å²) in [4.78, 5) is 14.5. The number of ether oxygens (including phenoxy) is 1. The van der Waals surface area contributed by atoms with Crippen LogP contribution in [0.15, 0.2) is 33.7 Å². The zero-order valence-corrected chi connectivity index (χ0v) is 15.7. The molecule has 1 unspecified atom stereocenters. The first-order valence-corrected chi connectivity index (χ1v) is 9.72. The molecular weight excluding hydrogens is 358 g/mol. The summed E-state index contributed by atoms with van der Waals surface area (Å²) in [6.07, 6.45) is 0. The fourth-order valence-electron chi connectivity index (χ4n) is 2.97. The van der Waals surface area contributed by atoms with Crippen LogP contribution in [0.5, 0.6) is 0 Å². The van der Waals surface area contributed by atoms with Gasteiger partial charge in [0.2, 0.25) is 0 Å². The number of carbonyl (C=O) groups excluding carboxylic acids is 1. The summed E-state index contributed by atoms with van der Waals surface area (Å²) in [5.74, 6) is 0.0589. The van der Waals surface area contributed by atoms with Gasteiger partial charge in [-0.25, -0.2) is 8.42 Å². The van der Waals surface area contributed by atoms with Crippen LogP contribution in [0.2, 0.25) is 0 Å². The van der Waals surface area contributed by atoms with Crippen LogP contribution < -0.4 is 4.72 Å². The van der Waals surface area contributed by atoms with Gasteiger partial charge in [0.25, 0.3) is 15.9 Å². The van der Waals surface area contributed by atoms with Crippen LogP contribution in [0.4, 0.5) is 5.69 Å². The van der Waals surface area contributed by atoms with Gasteiger partial charge in [-0.05, 0) is 39.0 Å². The van der Waals surface area contributed by atoms with Crippen LogP contribution in [0.1, 0.15) is 28.7 Å². The molecule has 0 aliphatic carbocycles. The molecule has 140 valence electrons. The van der Waals surface area contributed by atoms with E-state index in [9.17, 15) is 13.2 Å². The smallest absolute Gasteiger partial charge is 0.267 e. The fraction of sp³-hybridized carbons (Fsp3) is 0.412. The first-order valence-electron chi connectivity index (χ1n) is 8.24. The number of benzene rings is 1. The van der Waals surface area contributed by atoms with Crippen LogP contribution in [-0.2, 0) is 14.8 Å². The number of aryl methyl sites for hydroxylation is 2. The van der Waals surface area contributed by atoms with Crippen molar-refractivity contribution in [3.05, 3.63) is 41.3 Å². The van der Waals surface area contributed by atoms with E-state index < -0.39 is 10.0 Å². The van der Waals surface area contributed by atoms with Crippen molar-refractivity contribution < 1.29 is 22.5 Å². The number of aromatic nitrogens is 1. The number of rotatable bonds is 4. The van der Waals surface area contributed by atoms with E-state index in [1.54, 1.807) is 30.0 Å². The van der Waals surface area contributed by atoms with Gasteiger partial charge in [-0.1, -0.05) is 11.2 Å². The number of nitrogens with zero attached hydrogens (tertiary/aromatic N) is 2. The van der Waals surface area contributed by atoms with E-state index in [-0.39, 0.29) is 28.3 Å². The van der Waals surface area contributed by atoms with E-state index in [1.807, 2.05) is 6.92 Å². The largest absolute Gasteiger partial charge is 0.377 e. The topological polar surface area (TPSA) is 102 Å². The molecule has 0 spiro atoms. The molecule has 1 atom stereocenters. The summed E-state index contributed by atoms with van der Waals surface area (Å²) in [5, 5.41) is 3.67. The number of carbonyl (C=O) groups is 1. The minimum absolute atomic E-state index is 0.0102. The summed E-state index contributed by atoms with van der Waals surface area (Å²) < 4.78 is 38.0. The van der Waals surface area contributed by atoms with Crippen molar-refractivity contribution in [1.82, 2.24) is 10.1 Å². The van der Waals surface area contributed by atoms with Crippen molar-refractivity contribution >= 4 is 21.6 Å². The molecule has 0 saturated carbocycles. The number of hydrogen-bond donors (Lipinski definition) is 1. The molecule has 9 heteroatoms. The second kappa shape index (κ2) is 7.08. The van der Waals surface area contributed by atoms with E-state index in [0.717, 1.165) is 0 Å². The highest BCUT2D eigenvalue weighted by Gasteiger charge is 2.26. The molecule has 2 aromatic rings. The lowest BCUT2D eigenvalue weighted by atomic mass is 10.1. The van der Waals surface area contributed by atoms with Crippen LogP contribution in [0, 0.1) is 13.8 Å². The predicted molar refractivity (Wildman–Crippen MR) is 94.5 cm³/mol. The van der Waals surface area contributed by atoms with Gasteiger partial charge < -0.3 is 14.2 Å². The Hall–Kier alpha value is -2.39. The summed E-state index contributed by atoms with van der Waals surface area (Å²) >= 11 is 0. The first kappa shape index (κ1) is 18.4. The lowest BCUT2D eigenvalue weighted by Crippen LogP contribution is -2.47. The normalized spacial score (nSPS) is 18.0. The molecule has 1 aliphatic rings. The third-order valence-electron chi connectivity index (χ3n) is 4.23. The molecule has 8 nitrogen and oxygen atoms in total. The highest BCUT2D eigenvalue weighted by atomic mass is 32.2. The van der Waals surface area contributed by atoms with E-state index >= 15 is 0 Å². The highest BCUT2D eigenvalue weighted by Crippen LogP contribution is 2.23. The summed E-state index contributed by atoms with van der Waals surface area (Å²) in [6, 6.07) is 6.40. The van der Waals surface area contributed by atoms with Gasteiger partial charge in [0.1, 0.15) is 5.69 Å². The molecule has 1 amide bonds. The Balaban J connectivity index is 1.85. The van der Waals surface area contributed by atoms with Crippen LogP contribution in [-0.4, -0.2) is 50.2 Å². The van der Waals surface area contributed by atoms with Gasteiger partial charge in [-0.15, -0.1) is 0 Å². The Morgan fingerprint density at radius 3 is 2.77 bits per heavy atom. The van der Waals surface area contributed by atoms with Gasteiger partial charge in [0.05, 0.1) is 19.3 Å². The predicted octanol–water partition coefficient (Wildman–Crippen LogP) is 1.95. The molecule has 26 heavy (non-hydrogen) atoms. The van der Waals surface area contributed by atoms with Crippen molar-refractivity contribution in [2.75, 3.05) is 24.5 Å². The number of nitrogens with one attached hydrogen (secondary N) is 1. The molecule has 1 aromatic carbocycles.